The Labute approximate surface area is 201 Å². The van der Waals surface area contributed by atoms with E-state index in [0.717, 1.165) is 21.9 Å². The molecular formula is C25H18F2N2O3S2. The van der Waals surface area contributed by atoms with E-state index in [1.54, 1.807) is 23.9 Å². The van der Waals surface area contributed by atoms with E-state index in [-0.39, 0.29) is 51.4 Å². The van der Waals surface area contributed by atoms with Crippen LogP contribution in [0.4, 0.5) is 14.5 Å². The largest absolute Gasteiger partial charge is 0.307 e. The number of halogens is 2. The van der Waals surface area contributed by atoms with Gasteiger partial charge in [0.1, 0.15) is 11.6 Å². The number of fused-ring (bicyclic) bond motifs is 9. The molecule has 9 heteroatoms. The number of rotatable bonds is 2. The summed E-state index contributed by atoms with van der Waals surface area (Å²) in [5.41, 5.74) is 1.32. The third kappa shape index (κ3) is 2.68. The SMILES string of the molecule is O=C1[C@@H]2[C@H]3C[C@@H]([C@@H]4Sc5[nH]c(=O)sc5[C@@H](c5ccc(F)cc5)[C@@H]34)[C@H]2C(=O)N1c1ccc(F)cc1. The number of carbonyl (C=O) groups is 2. The monoisotopic (exact) mass is 496 g/mol. The first-order valence-corrected chi connectivity index (χ1v) is 12.9. The van der Waals surface area contributed by atoms with E-state index in [1.165, 1.54) is 52.6 Å². The van der Waals surface area contributed by atoms with Gasteiger partial charge in [-0.2, -0.15) is 0 Å². The summed E-state index contributed by atoms with van der Waals surface area (Å²) >= 11 is 2.79. The molecule has 2 saturated carbocycles. The molecule has 1 N–H and O–H groups in total. The fourth-order valence-electron chi connectivity index (χ4n) is 6.90. The maximum absolute atomic E-state index is 13.7. The Morgan fingerprint density at radius 3 is 2.15 bits per heavy atom. The Balaban J connectivity index is 1.32. The zero-order valence-corrected chi connectivity index (χ0v) is 19.2. The highest BCUT2D eigenvalue weighted by atomic mass is 32.2. The maximum Gasteiger partial charge on any atom is 0.305 e. The van der Waals surface area contributed by atoms with E-state index in [1.807, 2.05) is 0 Å². The Hall–Kier alpha value is -2.78. The van der Waals surface area contributed by atoms with Crippen LogP contribution in [0.5, 0.6) is 0 Å². The summed E-state index contributed by atoms with van der Waals surface area (Å²) in [6.45, 7) is 0. The van der Waals surface area contributed by atoms with Gasteiger partial charge in [-0.1, -0.05) is 23.5 Å². The highest BCUT2D eigenvalue weighted by Gasteiger charge is 2.69. The van der Waals surface area contributed by atoms with Crippen LogP contribution in [0.15, 0.2) is 58.4 Å². The molecule has 2 amide bonds. The minimum absolute atomic E-state index is 0.00592. The van der Waals surface area contributed by atoms with Gasteiger partial charge < -0.3 is 4.98 Å². The summed E-state index contributed by atoms with van der Waals surface area (Å²) in [6.07, 6.45) is 0.781. The number of nitrogens with zero attached hydrogens (tertiary/aromatic N) is 1. The summed E-state index contributed by atoms with van der Waals surface area (Å²) < 4.78 is 27.2. The molecule has 3 heterocycles. The fraction of sp³-hybridized carbons (Fsp3) is 0.320. The summed E-state index contributed by atoms with van der Waals surface area (Å²) in [4.78, 5) is 44.3. The van der Waals surface area contributed by atoms with Crippen molar-refractivity contribution in [1.29, 1.82) is 0 Å². The van der Waals surface area contributed by atoms with Crippen LogP contribution in [0.1, 0.15) is 22.8 Å². The number of nitrogens with one attached hydrogen (secondary N) is 1. The Kier molecular flexibility index (Phi) is 4.31. The number of benzene rings is 2. The van der Waals surface area contributed by atoms with Gasteiger partial charge in [0.25, 0.3) is 0 Å². The number of hydrogen-bond donors (Lipinski definition) is 1. The van der Waals surface area contributed by atoms with Crippen molar-refractivity contribution in [2.45, 2.75) is 22.6 Å². The van der Waals surface area contributed by atoms with Gasteiger partial charge in [0.05, 0.1) is 22.5 Å². The zero-order chi connectivity index (χ0) is 23.3. The first kappa shape index (κ1) is 20.6. The fourth-order valence-corrected chi connectivity index (χ4v) is 9.79. The molecule has 2 aliphatic heterocycles. The lowest BCUT2D eigenvalue weighted by Gasteiger charge is -2.43. The number of aromatic amines is 1. The predicted molar refractivity (Wildman–Crippen MR) is 124 cm³/mol. The van der Waals surface area contributed by atoms with E-state index in [2.05, 4.69) is 4.98 Å². The van der Waals surface area contributed by atoms with Crippen LogP contribution in [-0.2, 0) is 9.59 Å². The molecule has 7 atom stereocenters. The average molecular weight is 497 g/mol. The molecule has 2 aliphatic carbocycles. The Morgan fingerprint density at radius 1 is 0.853 bits per heavy atom. The lowest BCUT2D eigenvalue weighted by Crippen LogP contribution is -2.42. The number of aromatic nitrogens is 1. The normalized spacial score (nSPS) is 33.2. The number of hydrogen-bond acceptors (Lipinski definition) is 5. The predicted octanol–water partition coefficient (Wildman–Crippen LogP) is 4.39. The molecule has 2 aromatic carbocycles. The van der Waals surface area contributed by atoms with Gasteiger partial charge in [0.2, 0.25) is 11.8 Å². The van der Waals surface area contributed by atoms with Crippen molar-refractivity contribution in [2.24, 2.45) is 29.6 Å². The molecule has 0 radical (unpaired) electrons. The van der Waals surface area contributed by atoms with Gasteiger partial charge in [-0.3, -0.25) is 19.3 Å². The van der Waals surface area contributed by atoms with Crippen LogP contribution in [0.25, 0.3) is 0 Å². The number of anilines is 1. The lowest BCUT2D eigenvalue weighted by molar-refractivity contribution is -0.123. The zero-order valence-electron chi connectivity index (χ0n) is 17.6. The van der Waals surface area contributed by atoms with Crippen molar-refractivity contribution in [1.82, 2.24) is 4.98 Å². The van der Waals surface area contributed by atoms with E-state index >= 15 is 0 Å². The van der Waals surface area contributed by atoms with Crippen molar-refractivity contribution >= 4 is 40.6 Å². The average Bonchev–Trinajstić information content (AvgIpc) is 3.54. The third-order valence-electron chi connectivity index (χ3n) is 8.04. The molecular weight excluding hydrogens is 478 g/mol. The van der Waals surface area contributed by atoms with E-state index in [0.29, 0.717) is 5.69 Å². The number of carbonyl (C=O) groups excluding carboxylic acids is 2. The quantitative estimate of drug-likeness (QED) is 0.535. The Morgan fingerprint density at radius 2 is 1.47 bits per heavy atom. The van der Waals surface area contributed by atoms with E-state index < -0.39 is 17.7 Å². The van der Waals surface area contributed by atoms with Crippen molar-refractivity contribution in [3.05, 3.63) is 80.3 Å². The number of amides is 2. The van der Waals surface area contributed by atoms with Gasteiger partial charge >= 0.3 is 4.87 Å². The van der Waals surface area contributed by atoms with Gasteiger partial charge in [-0.25, -0.2) is 8.78 Å². The molecule has 3 fully saturated rings. The first-order chi connectivity index (χ1) is 16.4. The molecule has 172 valence electrons. The number of H-pyrrole nitrogens is 1. The molecule has 34 heavy (non-hydrogen) atoms. The minimum atomic E-state index is -0.426. The van der Waals surface area contributed by atoms with Crippen molar-refractivity contribution in [3.63, 3.8) is 0 Å². The highest BCUT2D eigenvalue weighted by molar-refractivity contribution is 8.00. The molecule has 3 aromatic rings. The van der Waals surface area contributed by atoms with Gasteiger partial charge in [0, 0.05) is 16.0 Å². The van der Waals surface area contributed by atoms with Gasteiger partial charge in [-0.05, 0) is 66.1 Å². The summed E-state index contributed by atoms with van der Waals surface area (Å²) in [5, 5.41) is 0.894. The van der Waals surface area contributed by atoms with Crippen molar-refractivity contribution < 1.29 is 18.4 Å². The highest BCUT2D eigenvalue weighted by Crippen LogP contribution is 2.68. The summed E-state index contributed by atoms with van der Waals surface area (Å²) in [7, 11) is 0. The molecule has 1 aromatic heterocycles. The van der Waals surface area contributed by atoms with Crippen LogP contribution in [-0.4, -0.2) is 22.0 Å². The lowest BCUT2D eigenvalue weighted by atomic mass is 9.68. The smallest absolute Gasteiger partial charge is 0.305 e. The number of thiazole rings is 1. The number of imide groups is 1. The van der Waals surface area contributed by atoms with Crippen LogP contribution >= 0.6 is 23.1 Å². The topological polar surface area (TPSA) is 70.2 Å². The van der Waals surface area contributed by atoms with Crippen LogP contribution in [0.3, 0.4) is 0 Å². The second kappa shape index (κ2) is 7.11. The summed E-state index contributed by atoms with van der Waals surface area (Å²) in [5.74, 6) is -2.10. The van der Waals surface area contributed by atoms with E-state index in [4.69, 9.17) is 0 Å². The maximum atomic E-state index is 13.7. The van der Waals surface area contributed by atoms with Gasteiger partial charge in [-0.15, -0.1) is 11.8 Å². The van der Waals surface area contributed by atoms with Crippen LogP contribution < -0.4 is 9.77 Å². The molecule has 4 aliphatic rings. The summed E-state index contributed by atoms with van der Waals surface area (Å²) in [6, 6.07) is 11.8. The molecule has 1 saturated heterocycles. The first-order valence-electron chi connectivity index (χ1n) is 11.2. The van der Waals surface area contributed by atoms with Crippen molar-refractivity contribution in [2.75, 3.05) is 4.90 Å². The second-order valence-electron chi connectivity index (χ2n) is 9.50. The number of thioether (sulfide) groups is 1. The third-order valence-corrected chi connectivity index (χ3v) is 10.6. The molecule has 0 spiro atoms. The molecule has 2 bridgehead atoms. The standard InChI is InChI=1S/C25H18F2N2O3S2/c26-11-3-1-10(2-4-11)16-17-14-9-15(20(17)33-22-21(16)34-25(32)28-22)19-18(14)23(30)29(24(19)31)13-7-5-12(27)6-8-13/h1-8,14-20H,9H2,(H,28,32)/t14-,15+,16-,17+,18+,19+,20-/m0/s1. The van der Waals surface area contributed by atoms with Gasteiger partial charge in [0.15, 0.2) is 0 Å². The van der Waals surface area contributed by atoms with Crippen molar-refractivity contribution in [3.8, 4) is 0 Å². The van der Waals surface area contributed by atoms with Crippen LogP contribution in [0.2, 0.25) is 0 Å². The Bertz CT molecular complexity index is 1400. The molecule has 0 unspecified atom stereocenters. The minimum Gasteiger partial charge on any atom is -0.307 e. The van der Waals surface area contributed by atoms with E-state index in [9.17, 15) is 23.2 Å². The molecule has 5 nitrogen and oxygen atoms in total. The second-order valence-corrected chi connectivity index (χ2v) is 11.7. The molecule has 7 rings (SSSR count). The van der Waals surface area contributed by atoms with Crippen LogP contribution in [0, 0.1) is 41.2 Å².